The Balaban J connectivity index is 2.03. The zero-order chi connectivity index (χ0) is 17.9. The Morgan fingerprint density at radius 1 is 1.33 bits per heavy atom. The lowest BCUT2D eigenvalue weighted by molar-refractivity contribution is -0.116. The van der Waals surface area contributed by atoms with Crippen molar-refractivity contribution in [3.05, 3.63) is 40.7 Å². The summed E-state index contributed by atoms with van der Waals surface area (Å²) in [6, 6.07) is 4.46. The number of nitrogens with one attached hydrogen (secondary N) is 1. The molecule has 0 fully saturated rings. The Labute approximate surface area is 140 Å². The van der Waals surface area contributed by atoms with Crippen molar-refractivity contribution >= 4 is 17.6 Å². The second-order valence-electron chi connectivity index (χ2n) is 5.54. The standard InChI is InChI=1S/C17H21N3O4/c1-10-13(11(2)20(3)19-10)7-8-16(21)18-12-5-6-14(17(22)23)15(9-12)24-4/h5-6,9H,7-8H2,1-4H3,(H,18,21)(H,22,23). The number of aromatic carboxylic acids is 1. The number of hydrogen-bond donors (Lipinski definition) is 2. The van der Waals surface area contributed by atoms with E-state index in [1.807, 2.05) is 20.9 Å². The maximum atomic E-state index is 12.1. The Morgan fingerprint density at radius 2 is 2.04 bits per heavy atom. The molecule has 0 aliphatic heterocycles. The topological polar surface area (TPSA) is 93.5 Å². The molecule has 2 aromatic rings. The quantitative estimate of drug-likeness (QED) is 0.847. The number of amides is 1. The van der Waals surface area contributed by atoms with Gasteiger partial charge in [0.25, 0.3) is 0 Å². The fourth-order valence-electron chi connectivity index (χ4n) is 2.59. The number of aromatic nitrogens is 2. The first-order valence-corrected chi connectivity index (χ1v) is 7.53. The maximum Gasteiger partial charge on any atom is 0.339 e. The first-order valence-electron chi connectivity index (χ1n) is 7.53. The summed E-state index contributed by atoms with van der Waals surface area (Å²) >= 11 is 0. The second-order valence-corrected chi connectivity index (χ2v) is 5.54. The van der Waals surface area contributed by atoms with Gasteiger partial charge in [0, 0.05) is 30.9 Å². The van der Waals surface area contributed by atoms with Gasteiger partial charge in [-0.3, -0.25) is 9.48 Å². The number of carboxylic acids is 1. The lowest BCUT2D eigenvalue weighted by atomic mass is 10.1. The van der Waals surface area contributed by atoms with Crippen LogP contribution < -0.4 is 10.1 Å². The number of benzene rings is 1. The molecule has 0 radical (unpaired) electrons. The van der Waals surface area contributed by atoms with Gasteiger partial charge in [-0.05, 0) is 38.0 Å². The molecule has 1 heterocycles. The summed E-state index contributed by atoms with van der Waals surface area (Å²) in [6.45, 7) is 3.90. The van der Waals surface area contributed by atoms with Crippen molar-refractivity contribution in [1.29, 1.82) is 0 Å². The third-order valence-electron chi connectivity index (χ3n) is 3.98. The number of nitrogens with zero attached hydrogens (tertiary/aromatic N) is 2. The minimum atomic E-state index is -1.08. The van der Waals surface area contributed by atoms with E-state index in [1.165, 1.54) is 19.2 Å². The molecule has 1 aromatic heterocycles. The van der Waals surface area contributed by atoms with Gasteiger partial charge in [0.15, 0.2) is 0 Å². The number of carbonyl (C=O) groups excluding carboxylic acids is 1. The number of methoxy groups -OCH3 is 1. The zero-order valence-corrected chi connectivity index (χ0v) is 14.2. The highest BCUT2D eigenvalue weighted by molar-refractivity contribution is 5.94. The summed E-state index contributed by atoms with van der Waals surface area (Å²) < 4.78 is 6.85. The van der Waals surface area contributed by atoms with Gasteiger partial charge in [-0.15, -0.1) is 0 Å². The molecule has 1 amide bonds. The molecule has 0 aliphatic rings. The molecular weight excluding hydrogens is 310 g/mol. The van der Waals surface area contributed by atoms with Crippen LogP contribution in [0, 0.1) is 13.8 Å². The van der Waals surface area contributed by atoms with Crippen LogP contribution in [0.4, 0.5) is 5.69 Å². The average Bonchev–Trinajstić information content (AvgIpc) is 2.77. The van der Waals surface area contributed by atoms with Gasteiger partial charge in [0.05, 0.1) is 12.8 Å². The first kappa shape index (κ1) is 17.5. The van der Waals surface area contributed by atoms with Crippen molar-refractivity contribution in [3.8, 4) is 5.75 Å². The maximum absolute atomic E-state index is 12.1. The van der Waals surface area contributed by atoms with E-state index in [4.69, 9.17) is 9.84 Å². The molecule has 128 valence electrons. The van der Waals surface area contributed by atoms with Crippen molar-refractivity contribution in [1.82, 2.24) is 9.78 Å². The second kappa shape index (κ2) is 7.16. The molecular formula is C17H21N3O4. The van der Waals surface area contributed by atoms with Crippen molar-refractivity contribution in [2.45, 2.75) is 26.7 Å². The molecule has 2 N–H and O–H groups in total. The van der Waals surface area contributed by atoms with Gasteiger partial charge >= 0.3 is 5.97 Å². The van der Waals surface area contributed by atoms with Gasteiger partial charge in [0.2, 0.25) is 5.91 Å². The van der Waals surface area contributed by atoms with Gasteiger partial charge in [0.1, 0.15) is 11.3 Å². The molecule has 24 heavy (non-hydrogen) atoms. The fraction of sp³-hybridized carbons (Fsp3) is 0.353. The number of hydrogen-bond acceptors (Lipinski definition) is 4. The van der Waals surface area contributed by atoms with E-state index in [9.17, 15) is 9.59 Å². The molecule has 0 bridgehead atoms. The summed E-state index contributed by atoms with van der Waals surface area (Å²) in [6.07, 6.45) is 0.915. The highest BCUT2D eigenvalue weighted by atomic mass is 16.5. The summed E-state index contributed by atoms with van der Waals surface area (Å²) in [7, 11) is 3.27. The van der Waals surface area contributed by atoms with Crippen LogP contribution in [-0.2, 0) is 18.3 Å². The van der Waals surface area contributed by atoms with Crippen LogP contribution in [-0.4, -0.2) is 33.9 Å². The fourth-order valence-corrected chi connectivity index (χ4v) is 2.59. The Hall–Kier alpha value is -2.83. The number of carbonyl (C=O) groups is 2. The summed E-state index contributed by atoms with van der Waals surface area (Å²) in [5.41, 5.74) is 3.60. The number of rotatable bonds is 6. The van der Waals surface area contributed by atoms with Crippen LogP contribution in [0.2, 0.25) is 0 Å². The van der Waals surface area contributed by atoms with Crippen molar-refractivity contribution < 1.29 is 19.4 Å². The molecule has 0 unspecified atom stereocenters. The van der Waals surface area contributed by atoms with Crippen LogP contribution in [0.15, 0.2) is 18.2 Å². The molecule has 0 aliphatic carbocycles. The number of anilines is 1. The predicted molar refractivity (Wildman–Crippen MR) is 89.6 cm³/mol. The van der Waals surface area contributed by atoms with E-state index in [2.05, 4.69) is 10.4 Å². The molecule has 7 nitrogen and oxygen atoms in total. The van der Waals surface area contributed by atoms with E-state index >= 15 is 0 Å². The van der Waals surface area contributed by atoms with E-state index in [0.29, 0.717) is 18.5 Å². The third-order valence-corrected chi connectivity index (χ3v) is 3.98. The van der Waals surface area contributed by atoms with Gasteiger partial charge < -0.3 is 15.2 Å². The van der Waals surface area contributed by atoms with Gasteiger partial charge in [-0.25, -0.2) is 4.79 Å². The highest BCUT2D eigenvalue weighted by Gasteiger charge is 2.14. The normalized spacial score (nSPS) is 10.5. The molecule has 2 rings (SSSR count). The lowest BCUT2D eigenvalue weighted by Gasteiger charge is -2.09. The number of aryl methyl sites for hydroxylation is 2. The lowest BCUT2D eigenvalue weighted by Crippen LogP contribution is -2.13. The van der Waals surface area contributed by atoms with Crippen LogP contribution in [0.1, 0.15) is 33.7 Å². The smallest absolute Gasteiger partial charge is 0.339 e. The van der Waals surface area contributed by atoms with Crippen LogP contribution in [0.5, 0.6) is 5.75 Å². The van der Waals surface area contributed by atoms with Crippen LogP contribution in [0.25, 0.3) is 0 Å². The molecule has 1 aromatic carbocycles. The third kappa shape index (κ3) is 3.73. The van der Waals surface area contributed by atoms with Crippen LogP contribution >= 0.6 is 0 Å². The molecule has 7 heteroatoms. The van der Waals surface area contributed by atoms with Crippen molar-refractivity contribution in [3.63, 3.8) is 0 Å². The molecule has 0 saturated carbocycles. The molecule has 0 spiro atoms. The molecule has 0 saturated heterocycles. The SMILES string of the molecule is COc1cc(NC(=O)CCc2c(C)nn(C)c2C)ccc1C(=O)O. The van der Waals surface area contributed by atoms with Gasteiger partial charge in [-0.2, -0.15) is 5.10 Å². The molecule has 0 atom stereocenters. The van der Waals surface area contributed by atoms with E-state index in [-0.39, 0.29) is 17.2 Å². The largest absolute Gasteiger partial charge is 0.496 e. The predicted octanol–water partition coefficient (Wildman–Crippen LogP) is 2.32. The first-order chi connectivity index (χ1) is 11.3. The Kier molecular flexibility index (Phi) is 5.23. The Morgan fingerprint density at radius 3 is 2.58 bits per heavy atom. The van der Waals surface area contributed by atoms with E-state index in [0.717, 1.165) is 17.0 Å². The zero-order valence-electron chi connectivity index (χ0n) is 14.2. The number of ether oxygens (including phenoxy) is 1. The van der Waals surface area contributed by atoms with E-state index < -0.39 is 5.97 Å². The van der Waals surface area contributed by atoms with Crippen molar-refractivity contribution in [2.24, 2.45) is 7.05 Å². The monoisotopic (exact) mass is 331 g/mol. The highest BCUT2D eigenvalue weighted by Crippen LogP contribution is 2.23. The minimum absolute atomic E-state index is 0.0529. The van der Waals surface area contributed by atoms with Gasteiger partial charge in [-0.1, -0.05) is 0 Å². The van der Waals surface area contributed by atoms with E-state index in [1.54, 1.807) is 10.7 Å². The summed E-state index contributed by atoms with van der Waals surface area (Å²) in [5.74, 6) is -1.02. The minimum Gasteiger partial charge on any atom is -0.496 e. The van der Waals surface area contributed by atoms with Crippen molar-refractivity contribution in [2.75, 3.05) is 12.4 Å². The van der Waals surface area contributed by atoms with Crippen LogP contribution in [0.3, 0.4) is 0 Å². The summed E-state index contributed by atoms with van der Waals surface area (Å²) in [4.78, 5) is 23.2. The average molecular weight is 331 g/mol. The Bertz CT molecular complexity index is 780. The summed E-state index contributed by atoms with van der Waals surface area (Å²) in [5, 5.41) is 16.2. The number of carboxylic acid groups (broad SMARTS) is 1.